The van der Waals surface area contributed by atoms with E-state index in [9.17, 15) is 0 Å². The fourth-order valence-electron chi connectivity index (χ4n) is 0.938. The second-order valence-corrected chi connectivity index (χ2v) is 3.92. The van der Waals surface area contributed by atoms with Gasteiger partial charge in [0, 0.05) is 0 Å². The lowest BCUT2D eigenvalue weighted by Gasteiger charge is -2.18. The van der Waals surface area contributed by atoms with Crippen molar-refractivity contribution in [2.24, 2.45) is 0 Å². The van der Waals surface area contributed by atoms with Crippen LogP contribution >= 0.6 is 12.6 Å². The van der Waals surface area contributed by atoms with E-state index in [-0.39, 0.29) is 0 Å². The second kappa shape index (κ2) is 5.66. The van der Waals surface area contributed by atoms with Crippen LogP contribution in [0, 0.1) is 10.7 Å². The number of thiocyanates is 1. The molecule has 1 aromatic rings. The predicted molar refractivity (Wildman–Crippen MR) is 59.7 cm³/mol. The molecule has 0 bridgehead atoms. The van der Waals surface area contributed by atoms with Crippen molar-refractivity contribution in [2.75, 3.05) is 0 Å². The van der Waals surface area contributed by atoms with Gasteiger partial charge in [-0.25, -0.2) is 0 Å². The summed E-state index contributed by atoms with van der Waals surface area (Å²) in [6.07, 6.45) is 0. The molecule has 0 aliphatic rings. The second-order valence-electron chi connectivity index (χ2n) is 3.72. The molecule has 1 rings (SSSR count). The molecular formula is C11H15NS. The maximum absolute atomic E-state index is 7.18. The highest BCUT2D eigenvalue weighted by Gasteiger charge is 2.11. The Hall–Kier alpha value is -0.940. The predicted octanol–water partition coefficient (Wildman–Crippen LogP) is 3.38. The van der Waals surface area contributed by atoms with Gasteiger partial charge in [-0.3, -0.25) is 0 Å². The van der Waals surface area contributed by atoms with Crippen molar-refractivity contribution < 1.29 is 0 Å². The molecule has 0 radical (unpaired) electrons. The van der Waals surface area contributed by atoms with E-state index in [4.69, 9.17) is 5.26 Å². The van der Waals surface area contributed by atoms with Gasteiger partial charge in [0.2, 0.25) is 0 Å². The van der Waals surface area contributed by atoms with Crippen LogP contribution in [0.15, 0.2) is 30.3 Å². The summed E-state index contributed by atoms with van der Waals surface area (Å²) < 4.78 is 0. The van der Waals surface area contributed by atoms with Gasteiger partial charge in [-0.15, -0.1) is 0 Å². The molecule has 0 aliphatic carbocycles. The van der Waals surface area contributed by atoms with Crippen molar-refractivity contribution in [1.82, 2.24) is 0 Å². The molecule has 0 unspecified atom stereocenters. The molecule has 0 heterocycles. The Morgan fingerprint density at radius 1 is 1.15 bits per heavy atom. The van der Waals surface area contributed by atoms with Gasteiger partial charge in [-0.1, -0.05) is 63.7 Å². The summed E-state index contributed by atoms with van der Waals surface area (Å²) in [4.78, 5) is 0. The highest BCUT2D eigenvalue weighted by molar-refractivity contribution is 7.85. The molecule has 70 valence electrons. The van der Waals surface area contributed by atoms with E-state index < -0.39 is 0 Å². The smallest absolute Gasteiger partial charge is 0.130 e. The third-order valence-electron chi connectivity index (χ3n) is 1.64. The minimum atomic E-state index is 0.293. The summed E-state index contributed by atoms with van der Waals surface area (Å²) in [5.74, 6) is 0. The van der Waals surface area contributed by atoms with Gasteiger partial charge in [0.15, 0.2) is 0 Å². The topological polar surface area (TPSA) is 23.8 Å². The summed E-state index contributed by atoms with van der Waals surface area (Å²) in [7, 11) is 0. The fourth-order valence-corrected chi connectivity index (χ4v) is 0.938. The summed E-state index contributed by atoms with van der Waals surface area (Å²) >= 11 is 3.09. The summed E-state index contributed by atoms with van der Waals surface area (Å²) in [5.41, 5.74) is 1.69. The standard InChI is InChI=1S/C10H14.CHNS/c1-10(2,3)9-7-5-4-6-8-9;2-1-3/h4-8H,1-3H3;3H. The first kappa shape index (κ1) is 12.1. The Balaban J connectivity index is 0.000000424. The minimum absolute atomic E-state index is 0.293. The van der Waals surface area contributed by atoms with Gasteiger partial charge in [0.05, 0.1) is 0 Å². The lowest BCUT2D eigenvalue weighted by molar-refractivity contribution is 0.590. The van der Waals surface area contributed by atoms with Crippen molar-refractivity contribution in [2.45, 2.75) is 26.2 Å². The van der Waals surface area contributed by atoms with Gasteiger partial charge in [-0.2, -0.15) is 5.26 Å². The molecule has 0 amide bonds. The van der Waals surface area contributed by atoms with Crippen LogP contribution in [-0.2, 0) is 5.41 Å². The van der Waals surface area contributed by atoms with Crippen LogP contribution in [0.25, 0.3) is 0 Å². The number of hydrogen-bond donors (Lipinski definition) is 1. The molecule has 1 nitrogen and oxygen atoms in total. The maximum Gasteiger partial charge on any atom is 0.130 e. The number of nitriles is 1. The maximum atomic E-state index is 7.18. The van der Waals surface area contributed by atoms with E-state index in [0.29, 0.717) is 5.41 Å². The Bertz CT molecular complexity index is 266. The number of hydrogen-bond acceptors (Lipinski definition) is 2. The van der Waals surface area contributed by atoms with E-state index in [1.165, 1.54) is 11.0 Å². The summed E-state index contributed by atoms with van der Waals surface area (Å²) in [6.45, 7) is 6.67. The van der Waals surface area contributed by atoms with Crippen molar-refractivity contribution >= 4 is 12.6 Å². The Labute approximate surface area is 85.8 Å². The number of thiol groups is 1. The normalized spacial score (nSPS) is 9.46. The molecule has 1 aromatic carbocycles. The minimum Gasteiger partial charge on any atom is -0.185 e. The number of rotatable bonds is 0. The molecular weight excluding hydrogens is 178 g/mol. The van der Waals surface area contributed by atoms with Crippen LogP contribution in [0.1, 0.15) is 26.3 Å². The van der Waals surface area contributed by atoms with Crippen molar-refractivity contribution in [3.63, 3.8) is 0 Å². The first-order valence-electron chi connectivity index (χ1n) is 4.11. The van der Waals surface area contributed by atoms with Crippen LogP contribution < -0.4 is 0 Å². The van der Waals surface area contributed by atoms with Gasteiger partial charge >= 0.3 is 0 Å². The molecule has 0 fully saturated rings. The third kappa shape index (κ3) is 5.32. The highest BCUT2D eigenvalue weighted by atomic mass is 32.1. The quantitative estimate of drug-likeness (QED) is 0.495. The molecule has 2 heteroatoms. The first-order valence-corrected chi connectivity index (χ1v) is 4.56. The Morgan fingerprint density at radius 2 is 1.54 bits per heavy atom. The number of benzene rings is 1. The van der Waals surface area contributed by atoms with Crippen molar-refractivity contribution in [3.05, 3.63) is 35.9 Å². The zero-order chi connectivity index (χ0) is 10.3. The molecule has 0 saturated carbocycles. The zero-order valence-corrected chi connectivity index (χ0v) is 9.18. The largest absolute Gasteiger partial charge is 0.185 e. The van der Waals surface area contributed by atoms with Gasteiger partial charge < -0.3 is 0 Å². The van der Waals surface area contributed by atoms with E-state index in [0.717, 1.165) is 0 Å². The van der Waals surface area contributed by atoms with Gasteiger partial charge in [-0.05, 0) is 11.0 Å². The molecule has 0 saturated heterocycles. The Kier molecular flexibility index (Phi) is 5.25. The van der Waals surface area contributed by atoms with Gasteiger partial charge in [0.1, 0.15) is 5.40 Å². The monoisotopic (exact) mass is 193 g/mol. The first-order chi connectivity index (χ1) is 6.02. The third-order valence-corrected chi connectivity index (χ3v) is 1.64. The highest BCUT2D eigenvalue weighted by Crippen LogP contribution is 2.20. The SMILES string of the molecule is CC(C)(C)c1ccccc1.N#CS. The Morgan fingerprint density at radius 3 is 1.77 bits per heavy atom. The van der Waals surface area contributed by atoms with Crippen LogP contribution in [0.3, 0.4) is 0 Å². The molecule has 0 N–H and O–H groups in total. The van der Waals surface area contributed by atoms with Crippen molar-refractivity contribution in [1.29, 1.82) is 5.26 Å². The van der Waals surface area contributed by atoms with Crippen LogP contribution in [-0.4, -0.2) is 0 Å². The summed E-state index contributed by atoms with van der Waals surface area (Å²) in [6, 6.07) is 10.6. The molecule has 0 aromatic heterocycles. The molecule has 0 aliphatic heterocycles. The van der Waals surface area contributed by atoms with Gasteiger partial charge in [0.25, 0.3) is 0 Å². The lowest BCUT2D eigenvalue weighted by Crippen LogP contribution is -2.10. The van der Waals surface area contributed by atoms with E-state index in [1.807, 2.05) is 0 Å². The lowest BCUT2D eigenvalue weighted by atomic mass is 9.87. The van der Waals surface area contributed by atoms with Crippen molar-refractivity contribution in [3.8, 4) is 5.40 Å². The van der Waals surface area contributed by atoms with E-state index >= 15 is 0 Å². The van der Waals surface area contributed by atoms with Crippen LogP contribution in [0.2, 0.25) is 0 Å². The summed E-state index contributed by atoms with van der Waals surface area (Å²) in [5, 5.41) is 8.63. The molecule has 0 atom stereocenters. The van der Waals surface area contributed by atoms with Crippen LogP contribution in [0.5, 0.6) is 0 Å². The zero-order valence-electron chi connectivity index (χ0n) is 8.28. The average molecular weight is 193 g/mol. The average Bonchev–Trinajstić information content (AvgIpc) is 2.06. The van der Waals surface area contributed by atoms with E-state index in [1.54, 1.807) is 0 Å². The van der Waals surface area contributed by atoms with E-state index in [2.05, 4.69) is 63.7 Å². The fraction of sp³-hybridized carbons (Fsp3) is 0.364. The molecule has 13 heavy (non-hydrogen) atoms. The van der Waals surface area contributed by atoms with Crippen LogP contribution in [0.4, 0.5) is 0 Å². The molecule has 0 spiro atoms. The number of nitrogens with zero attached hydrogens (tertiary/aromatic N) is 1.